The molecule has 56 valence electrons. The summed E-state index contributed by atoms with van der Waals surface area (Å²) in [5, 5.41) is 0. The zero-order valence-corrected chi connectivity index (χ0v) is 6.01. The van der Waals surface area contributed by atoms with Crippen molar-refractivity contribution in [2.45, 2.75) is 31.8 Å². The highest BCUT2D eigenvalue weighted by Crippen LogP contribution is 2.33. The molecule has 0 aromatic heterocycles. The molecule has 0 bridgehead atoms. The first kappa shape index (κ1) is 6.35. The zero-order chi connectivity index (χ0) is 6.97. The summed E-state index contributed by atoms with van der Waals surface area (Å²) in [7, 11) is 0. The van der Waals surface area contributed by atoms with Crippen LogP contribution in [0.5, 0.6) is 0 Å². The van der Waals surface area contributed by atoms with Crippen LogP contribution < -0.4 is 0 Å². The molecule has 2 nitrogen and oxygen atoms in total. The SMILES string of the molecule is O=C1COC2CCCC2C1. The summed E-state index contributed by atoms with van der Waals surface area (Å²) >= 11 is 0. The maximum Gasteiger partial charge on any atom is 0.158 e. The number of ketones is 1. The van der Waals surface area contributed by atoms with Crippen LogP contribution in [0.3, 0.4) is 0 Å². The maximum absolute atomic E-state index is 10.9. The van der Waals surface area contributed by atoms with E-state index in [2.05, 4.69) is 0 Å². The molecule has 1 aliphatic carbocycles. The van der Waals surface area contributed by atoms with Gasteiger partial charge in [0, 0.05) is 6.42 Å². The van der Waals surface area contributed by atoms with Crippen molar-refractivity contribution in [3.8, 4) is 0 Å². The molecule has 1 saturated heterocycles. The Balaban J connectivity index is 2.03. The van der Waals surface area contributed by atoms with Crippen molar-refractivity contribution in [3.05, 3.63) is 0 Å². The zero-order valence-electron chi connectivity index (χ0n) is 6.01. The molecule has 2 fully saturated rings. The fourth-order valence-electron chi connectivity index (χ4n) is 2.01. The Morgan fingerprint density at radius 1 is 1.40 bits per heavy atom. The summed E-state index contributed by atoms with van der Waals surface area (Å²) in [5.74, 6) is 0.865. The topological polar surface area (TPSA) is 26.3 Å². The fourth-order valence-corrected chi connectivity index (χ4v) is 2.01. The van der Waals surface area contributed by atoms with Crippen molar-refractivity contribution in [3.63, 3.8) is 0 Å². The Kier molecular flexibility index (Phi) is 1.49. The van der Waals surface area contributed by atoms with E-state index >= 15 is 0 Å². The van der Waals surface area contributed by atoms with Gasteiger partial charge >= 0.3 is 0 Å². The van der Waals surface area contributed by atoms with Gasteiger partial charge in [-0.05, 0) is 18.8 Å². The average molecular weight is 140 g/mol. The summed E-state index contributed by atoms with van der Waals surface area (Å²) < 4.78 is 5.36. The minimum absolute atomic E-state index is 0.295. The third-order valence-electron chi connectivity index (χ3n) is 2.54. The fraction of sp³-hybridized carbons (Fsp3) is 0.875. The number of ether oxygens (including phenoxy) is 1. The van der Waals surface area contributed by atoms with Crippen LogP contribution in [0.2, 0.25) is 0 Å². The lowest BCUT2D eigenvalue weighted by atomic mass is 9.97. The van der Waals surface area contributed by atoms with Gasteiger partial charge in [-0.1, -0.05) is 6.42 Å². The molecule has 2 rings (SSSR count). The maximum atomic E-state index is 10.9. The number of hydrogen-bond donors (Lipinski definition) is 0. The smallest absolute Gasteiger partial charge is 0.158 e. The molecule has 0 N–H and O–H groups in total. The van der Waals surface area contributed by atoms with Gasteiger partial charge in [-0.15, -0.1) is 0 Å². The summed E-state index contributed by atoms with van der Waals surface area (Å²) in [6.07, 6.45) is 4.85. The van der Waals surface area contributed by atoms with E-state index in [4.69, 9.17) is 4.74 Å². The highest BCUT2D eigenvalue weighted by molar-refractivity contribution is 5.80. The van der Waals surface area contributed by atoms with Crippen molar-refractivity contribution < 1.29 is 9.53 Å². The second-order valence-electron chi connectivity index (χ2n) is 3.28. The van der Waals surface area contributed by atoms with Crippen molar-refractivity contribution >= 4 is 5.78 Å². The molecule has 0 spiro atoms. The van der Waals surface area contributed by atoms with E-state index in [1.54, 1.807) is 0 Å². The minimum atomic E-state index is 0.295. The summed E-state index contributed by atoms with van der Waals surface area (Å²) in [5.41, 5.74) is 0. The standard InChI is InChI=1S/C8H12O2/c9-7-4-6-2-1-3-8(6)10-5-7/h6,8H,1-5H2. The van der Waals surface area contributed by atoms with Gasteiger partial charge in [0.15, 0.2) is 5.78 Å². The summed E-state index contributed by atoms with van der Waals surface area (Å²) in [4.78, 5) is 10.9. The molecule has 2 unspecified atom stereocenters. The molecule has 2 heteroatoms. The summed E-state index contributed by atoms with van der Waals surface area (Å²) in [6, 6.07) is 0. The average Bonchev–Trinajstić information content (AvgIpc) is 2.33. The number of hydrogen-bond acceptors (Lipinski definition) is 2. The minimum Gasteiger partial charge on any atom is -0.370 e. The van der Waals surface area contributed by atoms with Gasteiger partial charge in [0.1, 0.15) is 6.61 Å². The molecule has 10 heavy (non-hydrogen) atoms. The number of fused-ring (bicyclic) bond motifs is 1. The van der Waals surface area contributed by atoms with Gasteiger partial charge in [-0.2, -0.15) is 0 Å². The van der Waals surface area contributed by atoms with E-state index in [-0.39, 0.29) is 0 Å². The van der Waals surface area contributed by atoms with Gasteiger partial charge in [-0.25, -0.2) is 0 Å². The number of carbonyl (C=O) groups is 1. The van der Waals surface area contributed by atoms with Gasteiger partial charge in [-0.3, -0.25) is 4.79 Å². The van der Waals surface area contributed by atoms with Crippen LogP contribution in [0, 0.1) is 5.92 Å². The highest BCUT2D eigenvalue weighted by Gasteiger charge is 2.33. The van der Waals surface area contributed by atoms with E-state index in [9.17, 15) is 4.79 Å². The second kappa shape index (κ2) is 2.35. The third kappa shape index (κ3) is 0.966. The quantitative estimate of drug-likeness (QED) is 0.504. The van der Waals surface area contributed by atoms with Crippen LogP contribution in [-0.2, 0) is 9.53 Å². The number of carbonyl (C=O) groups excluding carboxylic acids is 1. The molecule has 0 aromatic rings. The van der Waals surface area contributed by atoms with Crippen molar-refractivity contribution in [2.24, 2.45) is 5.92 Å². The van der Waals surface area contributed by atoms with Gasteiger partial charge in [0.25, 0.3) is 0 Å². The molecular weight excluding hydrogens is 128 g/mol. The lowest BCUT2D eigenvalue weighted by Crippen LogP contribution is -2.30. The highest BCUT2D eigenvalue weighted by atomic mass is 16.5. The summed E-state index contributed by atoms with van der Waals surface area (Å²) in [6.45, 7) is 0.376. The first-order chi connectivity index (χ1) is 4.86. The second-order valence-corrected chi connectivity index (χ2v) is 3.28. The van der Waals surface area contributed by atoms with Crippen LogP contribution in [-0.4, -0.2) is 18.5 Å². The van der Waals surface area contributed by atoms with Crippen LogP contribution in [0.1, 0.15) is 25.7 Å². The molecule has 0 amide bonds. The van der Waals surface area contributed by atoms with E-state index in [0.717, 1.165) is 6.42 Å². The molecule has 2 aliphatic rings. The Labute approximate surface area is 60.6 Å². The monoisotopic (exact) mass is 140 g/mol. The molecule has 1 heterocycles. The Morgan fingerprint density at radius 2 is 2.30 bits per heavy atom. The van der Waals surface area contributed by atoms with Crippen molar-refractivity contribution in [2.75, 3.05) is 6.61 Å². The van der Waals surface area contributed by atoms with Crippen LogP contribution in [0.15, 0.2) is 0 Å². The molecular formula is C8H12O2. The van der Waals surface area contributed by atoms with E-state index in [1.807, 2.05) is 0 Å². The predicted molar refractivity (Wildman–Crippen MR) is 36.7 cm³/mol. The first-order valence-corrected chi connectivity index (χ1v) is 3.99. The lowest BCUT2D eigenvalue weighted by molar-refractivity contribution is -0.134. The number of Topliss-reactive ketones (excluding diaryl/α,β-unsaturated/α-hetero) is 1. The first-order valence-electron chi connectivity index (χ1n) is 3.99. The van der Waals surface area contributed by atoms with E-state index in [0.29, 0.717) is 24.4 Å². The third-order valence-corrected chi connectivity index (χ3v) is 2.54. The van der Waals surface area contributed by atoms with Crippen molar-refractivity contribution in [1.29, 1.82) is 0 Å². The van der Waals surface area contributed by atoms with Crippen LogP contribution in [0.25, 0.3) is 0 Å². The molecule has 0 aromatic carbocycles. The van der Waals surface area contributed by atoms with E-state index in [1.165, 1.54) is 19.3 Å². The molecule has 1 saturated carbocycles. The number of rotatable bonds is 0. The molecule has 2 atom stereocenters. The Hall–Kier alpha value is -0.370. The lowest BCUT2D eigenvalue weighted by Gasteiger charge is -2.24. The molecule has 0 radical (unpaired) electrons. The Morgan fingerprint density at radius 3 is 3.20 bits per heavy atom. The Bertz CT molecular complexity index is 153. The van der Waals surface area contributed by atoms with Gasteiger partial charge in [0.2, 0.25) is 0 Å². The molecule has 1 aliphatic heterocycles. The normalized spacial score (nSPS) is 39.8. The van der Waals surface area contributed by atoms with Gasteiger partial charge < -0.3 is 4.74 Å². The van der Waals surface area contributed by atoms with Crippen LogP contribution >= 0.6 is 0 Å². The van der Waals surface area contributed by atoms with Gasteiger partial charge in [0.05, 0.1) is 6.10 Å². The van der Waals surface area contributed by atoms with E-state index < -0.39 is 0 Å². The predicted octanol–water partition coefficient (Wildman–Crippen LogP) is 1.14. The largest absolute Gasteiger partial charge is 0.370 e. The van der Waals surface area contributed by atoms with Crippen LogP contribution in [0.4, 0.5) is 0 Å². The van der Waals surface area contributed by atoms with Crippen molar-refractivity contribution in [1.82, 2.24) is 0 Å².